The van der Waals surface area contributed by atoms with Gasteiger partial charge in [0.1, 0.15) is 5.76 Å². The van der Waals surface area contributed by atoms with Gasteiger partial charge in [0.05, 0.1) is 31.4 Å². The van der Waals surface area contributed by atoms with Crippen LogP contribution in [0.15, 0.2) is 22.8 Å². The molecule has 0 saturated heterocycles. The number of aliphatic hydroxyl groups excluding tert-OH is 1. The highest BCUT2D eigenvalue weighted by atomic mass is 16.5. The Balaban J connectivity index is 2.23. The Morgan fingerprint density at radius 2 is 2.41 bits per heavy atom. The van der Waals surface area contributed by atoms with Crippen molar-refractivity contribution in [1.29, 1.82) is 0 Å². The maximum absolute atomic E-state index is 11.1. The van der Waals surface area contributed by atoms with E-state index in [1.807, 2.05) is 19.1 Å². The number of hydrogen-bond donors (Lipinski definition) is 2. The first-order chi connectivity index (χ1) is 8.13. The molecule has 0 aliphatic rings. The van der Waals surface area contributed by atoms with E-state index < -0.39 is 6.10 Å². The largest absolute Gasteiger partial charge is 0.468 e. The summed E-state index contributed by atoms with van der Waals surface area (Å²) in [6.45, 7) is 4.32. The number of furan rings is 1. The Morgan fingerprint density at radius 1 is 1.65 bits per heavy atom. The van der Waals surface area contributed by atoms with Crippen molar-refractivity contribution in [1.82, 2.24) is 5.32 Å². The summed E-state index contributed by atoms with van der Waals surface area (Å²) in [5, 5.41) is 12.7. The standard InChI is InChI=1S/C12H19NO4/c1-3-16-12(15)7-10(14)8-13-9(2)11-5-4-6-17-11/h4-6,9-10,13-14H,3,7-8H2,1-2H3/t9-,10?/m1/s1. The molecule has 1 aromatic heterocycles. The summed E-state index contributed by atoms with van der Waals surface area (Å²) in [4.78, 5) is 11.1. The molecule has 0 aromatic carbocycles. The molecule has 96 valence electrons. The molecule has 0 saturated carbocycles. The fraction of sp³-hybridized carbons (Fsp3) is 0.583. The lowest BCUT2D eigenvalue weighted by atomic mass is 10.2. The summed E-state index contributed by atoms with van der Waals surface area (Å²) >= 11 is 0. The zero-order chi connectivity index (χ0) is 12.7. The van der Waals surface area contributed by atoms with Gasteiger partial charge in [0, 0.05) is 6.54 Å². The maximum atomic E-state index is 11.1. The number of nitrogens with one attached hydrogen (secondary N) is 1. The first-order valence-electron chi connectivity index (χ1n) is 5.74. The molecule has 0 radical (unpaired) electrons. The number of carbonyl (C=O) groups excluding carboxylic acids is 1. The van der Waals surface area contributed by atoms with E-state index in [2.05, 4.69) is 5.32 Å². The molecule has 2 atom stereocenters. The summed E-state index contributed by atoms with van der Waals surface area (Å²) in [5.41, 5.74) is 0. The van der Waals surface area contributed by atoms with Crippen LogP contribution in [-0.4, -0.2) is 30.3 Å². The van der Waals surface area contributed by atoms with Crippen molar-refractivity contribution in [3.63, 3.8) is 0 Å². The summed E-state index contributed by atoms with van der Waals surface area (Å²) in [6, 6.07) is 3.67. The predicted molar refractivity (Wildman–Crippen MR) is 62.4 cm³/mol. The van der Waals surface area contributed by atoms with E-state index in [4.69, 9.17) is 9.15 Å². The van der Waals surface area contributed by atoms with Gasteiger partial charge in [-0.3, -0.25) is 4.79 Å². The second-order valence-corrected chi connectivity index (χ2v) is 3.81. The minimum atomic E-state index is -0.744. The number of esters is 1. The summed E-state index contributed by atoms with van der Waals surface area (Å²) in [7, 11) is 0. The molecule has 0 bridgehead atoms. The quantitative estimate of drug-likeness (QED) is 0.703. The molecule has 1 aromatic rings. The third-order valence-corrected chi connectivity index (χ3v) is 2.34. The summed E-state index contributed by atoms with van der Waals surface area (Å²) in [6.07, 6.45) is 0.861. The normalized spacial score (nSPS) is 14.3. The molecule has 0 aliphatic heterocycles. The molecule has 1 heterocycles. The molecule has 1 rings (SSSR count). The highest BCUT2D eigenvalue weighted by Crippen LogP contribution is 2.12. The third-order valence-electron chi connectivity index (χ3n) is 2.34. The molecular formula is C12H19NO4. The van der Waals surface area contributed by atoms with E-state index in [1.165, 1.54) is 0 Å². The highest BCUT2D eigenvalue weighted by Gasteiger charge is 2.14. The monoisotopic (exact) mass is 241 g/mol. The second-order valence-electron chi connectivity index (χ2n) is 3.81. The van der Waals surface area contributed by atoms with Crippen LogP contribution in [0.3, 0.4) is 0 Å². The zero-order valence-electron chi connectivity index (χ0n) is 10.2. The van der Waals surface area contributed by atoms with Crippen molar-refractivity contribution in [3.05, 3.63) is 24.2 Å². The Bertz CT molecular complexity index is 323. The number of ether oxygens (including phenoxy) is 1. The number of rotatable bonds is 7. The molecule has 1 unspecified atom stereocenters. The fourth-order valence-electron chi connectivity index (χ4n) is 1.44. The predicted octanol–water partition coefficient (Wildman–Crippen LogP) is 1.24. The van der Waals surface area contributed by atoms with Crippen LogP contribution in [0.5, 0.6) is 0 Å². The Labute approximate surface area is 101 Å². The molecule has 2 N–H and O–H groups in total. The van der Waals surface area contributed by atoms with Gasteiger partial charge in [0.2, 0.25) is 0 Å². The van der Waals surface area contributed by atoms with Gasteiger partial charge in [-0.05, 0) is 26.0 Å². The SMILES string of the molecule is CCOC(=O)CC(O)CN[C@H](C)c1ccco1. The van der Waals surface area contributed by atoms with Gasteiger partial charge >= 0.3 is 5.97 Å². The van der Waals surface area contributed by atoms with Crippen LogP contribution in [0, 0.1) is 0 Å². The summed E-state index contributed by atoms with van der Waals surface area (Å²) < 4.78 is 9.96. The average Bonchev–Trinajstić information content (AvgIpc) is 2.79. The molecular weight excluding hydrogens is 222 g/mol. The Morgan fingerprint density at radius 3 is 3.00 bits per heavy atom. The van der Waals surface area contributed by atoms with Crippen LogP contribution in [0.4, 0.5) is 0 Å². The summed E-state index contributed by atoms with van der Waals surface area (Å²) in [5.74, 6) is 0.417. The lowest BCUT2D eigenvalue weighted by Crippen LogP contribution is -2.31. The molecule has 5 heteroatoms. The first-order valence-corrected chi connectivity index (χ1v) is 5.74. The first kappa shape index (κ1) is 13.7. The lowest BCUT2D eigenvalue weighted by molar-refractivity contribution is -0.145. The molecule has 17 heavy (non-hydrogen) atoms. The Hall–Kier alpha value is -1.33. The van der Waals surface area contributed by atoms with E-state index in [0.717, 1.165) is 5.76 Å². The maximum Gasteiger partial charge on any atom is 0.308 e. The van der Waals surface area contributed by atoms with Crippen molar-refractivity contribution >= 4 is 5.97 Å². The fourth-order valence-corrected chi connectivity index (χ4v) is 1.44. The van der Waals surface area contributed by atoms with Crippen LogP contribution < -0.4 is 5.32 Å². The topological polar surface area (TPSA) is 71.7 Å². The van der Waals surface area contributed by atoms with Crippen molar-refractivity contribution in [2.75, 3.05) is 13.2 Å². The zero-order valence-corrected chi connectivity index (χ0v) is 10.2. The molecule has 0 fully saturated rings. The Kier molecular flexibility index (Phi) is 5.72. The van der Waals surface area contributed by atoms with E-state index >= 15 is 0 Å². The van der Waals surface area contributed by atoms with Gasteiger partial charge in [-0.2, -0.15) is 0 Å². The van der Waals surface area contributed by atoms with E-state index in [0.29, 0.717) is 13.2 Å². The minimum Gasteiger partial charge on any atom is -0.468 e. The number of carbonyl (C=O) groups is 1. The molecule has 5 nitrogen and oxygen atoms in total. The van der Waals surface area contributed by atoms with E-state index in [-0.39, 0.29) is 18.4 Å². The number of aliphatic hydroxyl groups is 1. The van der Waals surface area contributed by atoms with Gasteiger partial charge < -0.3 is 19.6 Å². The lowest BCUT2D eigenvalue weighted by Gasteiger charge is -2.15. The van der Waals surface area contributed by atoms with E-state index in [9.17, 15) is 9.90 Å². The third kappa shape index (κ3) is 5.01. The highest BCUT2D eigenvalue weighted by molar-refractivity contribution is 5.69. The molecule has 0 aliphatic carbocycles. The van der Waals surface area contributed by atoms with Crippen LogP contribution >= 0.6 is 0 Å². The molecule has 0 amide bonds. The molecule has 0 spiro atoms. The van der Waals surface area contributed by atoms with Crippen LogP contribution in [0.2, 0.25) is 0 Å². The van der Waals surface area contributed by atoms with Crippen molar-refractivity contribution in [2.45, 2.75) is 32.4 Å². The van der Waals surface area contributed by atoms with Crippen molar-refractivity contribution < 1.29 is 19.1 Å². The van der Waals surface area contributed by atoms with Gasteiger partial charge in [0.15, 0.2) is 0 Å². The van der Waals surface area contributed by atoms with Gasteiger partial charge in [-0.25, -0.2) is 0 Å². The van der Waals surface area contributed by atoms with Gasteiger partial charge in [-0.15, -0.1) is 0 Å². The van der Waals surface area contributed by atoms with Crippen LogP contribution in [0.25, 0.3) is 0 Å². The smallest absolute Gasteiger partial charge is 0.308 e. The van der Waals surface area contributed by atoms with Crippen molar-refractivity contribution in [2.24, 2.45) is 0 Å². The van der Waals surface area contributed by atoms with Crippen LogP contribution in [-0.2, 0) is 9.53 Å². The van der Waals surface area contributed by atoms with E-state index in [1.54, 1.807) is 13.2 Å². The number of hydrogen-bond acceptors (Lipinski definition) is 5. The van der Waals surface area contributed by atoms with Crippen molar-refractivity contribution in [3.8, 4) is 0 Å². The van der Waals surface area contributed by atoms with Crippen LogP contribution in [0.1, 0.15) is 32.1 Å². The van der Waals surface area contributed by atoms with Gasteiger partial charge in [0.25, 0.3) is 0 Å². The van der Waals surface area contributed by atoms with Gasteiger partial charge in [-0.1, -0.05) is 0 Å². The second kappa shape index (κ2) is 7.09. The average molecular weight is 241 g/mol. The minimum absolute atomic E-state index is 0.00171.